The largest absolute Gasteiger partial charge is 0.375 e. The number of hydrogen-bond donors (Lipinski definition) is 1. The zero-order chi connectivity index (χ0) is 19.2. The number of nitrogens with one attached hydrogen (secondary N) is 1. The van der Waals surface area contributed by atoms with E-state index < -0.39 is 0 Å². The van der Waals surface area contributed by atoms with Crippen LogP contribution < -0.4 is 5.32 Å². The van der Waals surface area contributed by atoms with Crippen LogP contribution in [0, 0.1) is 12.8 Å². The van der Waals surface area contributed by atoms with Crippen LogP contribution in [-0.4, -0.2) is 48.5 Å². The van der Waals surface area contributed by atoms with Crippen molar-refractivity contribution in [2.45, 2.75) is 26.3 Å². The van der Waals surface area contributed by atoms with Crippen molar-refractivity contribution in [3.8, 4) is 11.3 Å². The SMILES string of the molecule is COCC(=O)N1CCC[C@H](C(=O)NCc2nc(-c3ccc(C)cc3)cs2)C1. The highest BCUT2D eigenvalue weighted by atomic mass is 32.1. The van der Waals surface area contributed by atoms with E-state index in [1.165, 1.54) is 12.7 Å². The van der Waals surface area contributed by atoms with E-state index in [0.29, 0.717) is 19.6 Å². The number of hydrogen-bond acceptors (Lipinski definition) is 5. The maximum absolute atomic E-state index is 12.5. The van der Waals surface area contributed by atoms with Gasteiger partial charge in [-0.3, -0.25) is 9.59 Å². The first-order chi connectivity index (χ1) is 13.1. The van der Waals surface area contributed by atoms with Crippen LogP contribution in [0.5, 0.6) is 0 Å². The summed E-state index contributed by atoms with van der Waals surface area (Å²) in [5.41, 5.74) is 3.22. The average Bonchev–Trinajstić information content (AvgIpc) is 3.16. The van der Waals surface area contributed by atoms with Crippen LogP contribution in [0.15, 0.2) is 29.6 Å². The third-order valence-electron chi connectivity index (χ3n) is 4.73. The minimum Gasteiger partial charge on any atom is -0.375 e. The Hall–Kier alpha value is -2.25. The quantitative estimate of drug-likeness (QED) is 0.827. The molecule has 27 heavy (non-hydrogen) atoms. The van der Waals surface area contributed by atoms with Crippen molar-refractivity contribution in [3.63, 3.8) is 0 Å². The predicted molar refractivity (Wildman–Crippen MR) is 105 cm³/mol. The normalized spacial score (nSPS) is 17.0. The molecule has 0 aliphatic carbocycles. The molecule has 2 amide bonds. The van der Waals surface area contributed by atoms with Crippen LogP contribution in [0.4, 0.5) is 0 Å². The van der Waals surface area contributed by atoms with E-state index >= 15 is 0 Å². The zero-order valence-corrected chi connectivity index (χ0v) is 16.6. The van der Waals surface area contributed by atoms with Gasteiger partial charge in [-0.2, -0.15) is 0 Å². The molecule has 6 nitrogen and oxygen atoms in total. The average molecular weight is 388 g/mol. The molecule has 1 aromatic heterocycles. The van der Waals surface area contributed by atoms with Gasteiger partial charge in [0.1, 0.15) is 11.6 Å². The number of likely N-dealkylation sites (tertiary alicyclic amines) is 1. The molecule has 1 aliphatic heterocycles. The zero-order valence-electron chi connectivity index (χ0n) is 15.7. The summed E-state index contributed by atoms with van der Waals surface area (Å²) in [4.78, 5) is 30.8. The number of piperidine rings is 1. The lowest BCUT2D eigenvalue weighted by molar-refractivity contribution is -0.139. The van der Waals surface area contributed by atoms with Crippen molar-refractivity contribution >= 4 is 23.2 Å². The molecule has 0 radical (unpaired) electrons. The molecule has 1 atom stereocenters. The Morgan fingerprint density at radius 2 is 2.11 bits per heavy atom. The molecule has 2 heterocycles. The summed E-state index contributed by atoms with van der Waals surface area (Å²) in [5, 5.41) is 5.86. The van der Waals surface area contributed by atoms with E-state index in [-0.39, 0.29) is 24.3 Å². The van der Waals surface area contributed by atoms with Crippen LogP contribution in [-0.2, 0) is 20.9 Å². The number of aromatic nitrogens is 1. The van der Waals surface area contributed by atoms with Gasteiger partial charge < -0.3 is 15.0 Å². The van der Waals surface area contributed by atoms with E-state index in [4.69, 9.17) is 4.74 Å². The number of ether oxygens (including phenoxy) is 1. The fourth-order valence-electron chi connectivity index (χ4n) is 3.19. The molecule has 0 unspecified atom stereocenters. The van der Waals surface area contributed by atoms with Gasteiger partial charge in [0, 0.05) is 31.1 Å². The van der Waals surface area contributed by atoms with Crippen molar-refractivity contribution in [1.82, 2.24) is 15.2 Å². The molecular weight excluding hydrogens is 362 g/mol. The summed E-state index contributed by atoms with van der Waals surface area (Å²) in [6.45, 7) is 3.69. The lowest BCUT2D eigenvalue weighted by Crippen LogP contribution is -2.46. The van der Waals surface area contributed by atoms with Crippen molar-refractivity contribution in [1.29, 1.82) is 0 Å². The van der Waals surface area contributed by atoms with Gasteiger partial charge in [0.05, 0.1) is 18.2 Å². The smallest absolute Gasteiger partial charge is 0.248 e. The number of methoxy groups -OCH3 is 1. The highest BCUT2D eigenvalue weighted by Gasteiger charge is 2.28. The molecule has 0 spiro atoms. The number of amides is 2. The molecule has 2 aromatic rings. The lowest BCUT2D eigenvalue weighted by atomic mass is 9.97. The second-order valence-electron chi connectivity index (χ2n) is 6.82. The molecule has 1 aliphatic rings. The van der Waals surface area contributed by atoms with E-state index in [1.54, 1.807) is 16.2 Å². The summed E-state index contributed by atoms with van der Waals surface area (Å²) < 4.78 is 4.90. The summed E-state index contributed by atoms with van der Waals surface area (Å²) in [7, 11) is 1.50. The monoisotopic (exact) mass is 387 g/mol. The Bertz CT molecular complexity index is 788. The maximum atomic E-state index is 12.5. The summed E-state index contributed by atoms with van der Waals surface area (Å²) in [6, 6.07) is 8.24. The van der Waals surface area contributed by atoms with Gasteiger partial charge in [0.15, 0.2) is 0 Å². The summed E-state index contributed by atoms with van der Waals surface area (Å²) in [6.07, 6.45) is 1.64. The van der Waals surface area contributed by atoms with Gasteiger partial charge in [-0.1, -0.05) is 29.8 Å². The molecule has 1 fully saturated rings. The standard InChI is InChI=1S/C20H25N3O3S/c1-14-5-7-15(8-6-14)17-13-27-18(22-17)10-21-20(25)16-4-3-9-23(11-16)19(24)12-26-2/h5-8,13,16H,3-4,9-12H2,1-2H3,(H,21,25)/t16-/m0/s1. The van der Waals surface area contributed by atoms with Crippen LogP contribution in [0.1, 0.15) is 23.4 Å². The van der Waals surface area contributed by atoms with Crippen molar-refractivity contribution in [2.75, 3.05) is 26.8 Å². The topological polar surface area (TPSA) is 71.5 Å². The highest BCUT2D eigenvalue weighted by molar-refractivity contribution is 7.09. The van der Waals surface area contributed by atoms with Gasteiger partial charge in [0.2, 0.25) is 11.8 Å². The Morgan fingerprint density at radius 3 is 2.85 bits per heavy atom. The first-order valence-electron chi connectivity index (χ1n) is 9.12. The van der Waals surface area contributed by atoms with E-state index in [2.05, 4.69) is 41.5 Å². The number of carbonyl (C=O) groups is 2. The number of rotatable bonds is 6. The van der Waals surface area contributed by atoms with Crippen molar-refractivity contribution in [2.24, 2.45) is 5.92 Å². The van der Waals surface area contributed by atoms with E-state index in [0.717, 1.165) is 29.1 Å². The molecule has 0 bridgehead atoms. The van der Waals surface area contributed by atoms with Gasteiger partial charge in [-0.15, -0.1) is 11.3 Å². The van der Waals surface area contributed by atoms with Gasteiger partial charge >= 0.3 is 0 Å². The fraction of sp³-hybridized carbons (Fsp3) is 0.450. The number of carbonyl (C=O) groups excluding carboxylic acids is 2. The predicted octanol–water partition coefficient (Wildman–Crippen LogP) is 2.62. The second-order valence-corrected chi connectivity index (χ2v) is 7.76. The van der Waals surface area contributed by atoms with Gasteiger partial charge in [-0.05, 0) is 19.8 Å². The number of aryl methyl sites for hydroxylation is 1. The fourth-order valence-corrected chi connectivity index (χ4v) is 3.93. The number of nitrogens with zero attached hydrogens (tertiary/aromatic N) is 2. The highest BCUT2D eigenvalue weighted by Crippen LogP contribution is 2.22. The van der Waals surface area contributed by atoms with Crippen molar-refractivity contribution < 1.29 is 14.3 Å². The molecular formula is C20H25N3O3S. The van der Waals surface area contributed by atoms with Gasteiger partial charge in [-0.25, -0.2) is 4.98 Å². The van der Waals surface area contributed by atoms with Gasteiger partial charge in [0.25, 0.3) is 0 Å². The van der Waals surface area contributed by atoms with Crippen LogP contribution >= 0.6 is 11.3 Å². The number of thiazole rings is 1. The van der Waals surface area contributed by atoms with Crippen LogP contribution in [0.3, 0.4) is 0 Å². The first-order valence-corrected chi connectivity index (χ1v) is 10.0. The lowest BCUT2D eigenvalue weighted by Gasteiger charge is -2.31. The molecule has 1 N–H and O–H groups in total. The maximum Gasteiger partial charge on any atom is 0.248 e. The van der Waals surface area contributed by atoms with Crippen LogP contribution in [0.2, 0.25) is 0 Å². The molecule has 7 heteroatoms. The van der Waals surface area contributed by atoms with E-state index in [1.807, 2.05) is 5.38 Å². The molecule has 144 valence electrons. The molecule has 1 saturated heterocycles. The Labute approximate surface area is 163 Å². The second kappa shape index (κ2) is 9.10. The Balaban J connectivity index is 1.53. The molecule has 0 saturated carbocycles. The first kappa shape index (κ1) is 19.5. The molecule has 3 rings (SSSR count). The minimum atomic E-state index is -0.170. The van der Waals surface area contributed by atoms with Crippen LogP contribution in [0.25, 0.3) is 11.3 Å². The Morgan fingerprint density at radius 1 is 1.33 bits per heavy atom. The summed E-state index contributed by atoms with van der Waals surface area (Å²) >= 11 is 1.54. The summed E-state index contributed by atoms with van der Waals surface area (Å²) in [5.74, 6) is -0.245. The minimum absolute atomic E-state index is 0.0167. The number of benzene rings is 1. The van der Waals surface area contributed by atoms with Crippen molar-refractivity contribution in [3.05, 3.63) is 40.2 Å². The third-order valence-corrected chi connectivity index (χ3v) is 5.57. The molecule has 1 aromatic carbocycles. The Kier molecular flexibility index (Phi) is 6.58. The van der Waals surface area contributed by atoms with E-state index in [9.17, 15) is 9.59 Å². The third kappa shape index (κ3) is 5.14.